The van der Waals surface area contributed by atoms with E-state index in [9.17, 15) is 9.90 Å². The van der Waals surface area contributed by atoms with Crippen molar-refractivity contribution in [1.29, 1.82) is 0 Å². The van der Waals surface area contributed by atoms with Crippen LogP contribution in [-0.4, -0.2) is 24.7 Å². The second kappa shape index (κ2) is 7.24. The maximum Gasteiger partial charge on any atom is 0.253 e. The fourth-order valence-corrected chi connectivity index (χ4v) is 2.39. The predicted octanol–water partition coefficient (Wildman–Crippen LogP) is 2.92. The first-order valence-corrected chi connectivity index (χ1v) is 7.25. The average Bonchev–Trinajstić information content (AvgIpc) is 2.53. The molecule has 0 bridgehead atoms. The molecule has 5 heteroatoms. The molecule has 2 aromatic carbocycles. The van der Waals surface area contributed by atoms with Gasteiger partial charge in [0.15, 0.2) is 0 Å². The SMILES string of the molecule is COc1ccc(Br)c(C(=O)N[C@H](CO)c2ccccc2)c1. The van der Waals surface area contributed by atoms with E-state index >= 15 is 0 Å². The molecule has 0 aliphatic rings. The summed E-state index contributed by atoms with van der Waals surface area (Å²) in [4.78, 5) is 12.4. The van der Waals surface area contributed by atoms with Crippen LogP contribution in [0.1, 0.15) is 22.0 Å². The maximum atomic E-state index is 12.4. The van der Waals surface area contributed by atoms with Crippen LogP contribution in [0.2, 0.25) is 0 Å². The molecule has 110 valence electrons. The Morgan fingerprint density at radius 1 is 1.29 bits per heavy atom. The lowest BCUT2D eigenvalue weighted by Crippen LogP contribution is -2.31. The van der Waals surface area contributed by atoms with Crippen molar-refractivity contribution < 1.29 is 14.6 Å². The Morgan fingerprint density at radius 2 is 2.00 bits per heavy atom. The molecule has 0 saturated heterocycles. The zero-order chi connectivity index (χ0) is 15.2. The lowest BCUT2D eigenvalue weighted by Gasteiger charge is -2.17. The van der Waals surface area contributed by atoms with Gasteiger partial charge in [0.2, 0.25) is 0 Å². The highest BCUT2D eigenvalue weighted by atomic mass is 79.9. The molecule has 0 aliphatic carbocycles. The smallest absolute Gasteiger partial charge is 0.253 e. The molecule has 0 unspecified atom stereocenters. The van der Waals surface area contributed by atoms with Crippen LogP contribution in [0.5, 0.6) is 5.75 Å². The van der Waals surface area contributed by atoms with Gasteiger partial charge in [-0.3, -0.25) is 4.79 Å². The Bertz CT molecular complexity index is 616. The number of methoxy groups -OCH3 is 1. The van der Waals surface area contributed by atoms with Gasteiger partial charge in [0.1, 0.15) is 5.75 Å². The van der Waals surface area contributed by atoms with Gasteiger partial charge in [-0.25, -0.2) is 0 Å². The number of halogens is 1. The quantitative estimate of drug-likeness (QED) is 0.872. The third-order valence-corrected chi connectivity index (χ3v) is 3.80. The molecule has 2 N–H and O–H groups in total. The van der Waals surface area contributed by atoms with Crippen LogP contribution in [0.3, 0.4) is 0 Å². The van der Waals surface area contributed by atoms with Gasteiger partial charge in [-0.2, -0.15) is 0 Å². The molecule has 0 heterocycles. The van der Waals surface area contributed by atoms with Crippen LogP contribution in [0.25, 0.3) is 0 Å². The molecule has 0 aliphatic heterocycles. The van der Waals surface area contributed by atoms with Crippen molar-refractivity contribution in [3.8, 4) is 5.75 Å². The van der Waals surface area contributed by atoms with Crippen LogP contribution >= 0.6 is 15.9 Å². The van der Waals surface area contributed by atoms with Gasteiger partial charge < -0.3 is 15.2 Å². The topological polar surface area (TPSA) is 58.6 Å². The summed E-state index contributed by atoms with van der Waals surface area (Å²) in [5.41, 5.74) is 1.32. The van der Waals surface area contributed by atoms with Crippen molar-refractivity contribution in [2.45, 2.75) is 6.04 Å². The first-order chi connectivity index (χ1) is 10.2. The molecule has 0 aromatic heterocycles. The minimum atomic E-state index is -0.447. The summed E-state index contributed by atoms with van der Waals surface area (Å²) in [6.45, 7) is -0.169. The highest BCUT2D eigenvalue weighted by Gasteiger charge is 2.17. The summed E-state index contributed by atoms with van der Waals surface area (Å²) in [6.07, 6.45) is 0. The highest BCUT2D eigenvalue weighted by molar-refractivity contribution is 9.10. The molecular weight excluding hydrogens is 334 g/mol. The average molecular weight is 350 g/mol. The van der Waals surface area contributed by atoms with Gasteiger partial charge in [0.25, 0.3) is 5.91 Å². The van der Waals surface area contributed by atoms with Crippen molar-refractivity contribution in [2.24, 2.45) is 0 Å². The molecule has 21 heavy (non-hydrogen) atoms. The number of nitrogens with one attached hydrogen (secondary N) is 1. The predicted molar refractivity (Wildman–Crippen MR) is 84.4 cm³/mol. The van der Waals surface area contributed by atoms with E-state index in [-0.39, 0.29) is 12.5 Å². The number of benzene rings is 2. The first kappa shape index (κ1) is 15.5. The highest BCUT2D eigenvalue weighted by Crippen LogP contribution is 2.23. The van der Waals surface area contributed by atoms with Crippen LogP contribution in [-0.2, 0) is 0 Å². The minimum Gasteiger partial charge on any atom is -0.497 e. The zero-order valence-electron chi connectivity index (χ0n) is 11.5. The van der Waals surface area contributed by atoms with E-state index in [2.05, 4.69) is 21.2 Å². The monoisotopic (exact) mass is 349 g/mol. The number of hydrogen-bond donors (Lipinski definition) is 2. The number of rotatable bonds is 5. The van der Waals surface area contributed by atoms with Crippen LogP contribution in [0, 0.1) is 0 Å². The third-order valence-electron chi connectivity index (χ3n) is 3.11. The van der Waals surface area contributed by atoms with E-state index < -0.39 is 6.04 Å². The Morgan fingerprint density at radius 3 is 2.62 bits per heavy atom. The number of aliphatic hydroxyl groups excluding tert-OH is 1. The summed E-state index contributed by atoms with van der Waals surface area (Å²) < 4.78 is 5.80. The minimum absolute atomic E-state index is 0.169. The zero-order valence-corrected chi connectivity index (χ0v) is 13.1. The molecule has 0 radical (unpaired) electrons. The standard InChI is InChI=1S/C16H16BrNO3/c1-21-12-7-8-14(17)13(9-12)16(20)18-15(10-19)11-5-3-2-4-6-11/h2-9,15,19H,10H2,1H3,(H,18,20)/t15-/m1/s1. The van der Waals surface area contributed by atoms with Gasteiger partial charge in [0, 0.05) is 4.47 Å². The molecule has 2 rings (SSSR count). The molecule has 1 atom stereocenters. The van der Waals surface area contributed by atoms with E-state index in [4.69, 9.17) is 4.74 Å². The number of carbonyl (C=O) groups is 1. The van der Waals surface area contributed by atoms with Crippen molar-refractivity contribution in [3.05, 3.63) is 64.1 Å². The Hall–Kier alpha value is -1.85. The van der Waals surface area contributed by atoms with Gasteiger partial charge in [-0.15, -0.1) is 0 Å². The van der Waals surface area contributed by atoms with Crippen LogP contribution in [0.4, 0.5) is 0 Å². The van der Waals surface area contributed by atoms with Crippen LogP contribution < -0.4 is 10.1 Å². The van der Waals surface area contributed by atoms with Crippen molar-refractivity contribution >= 4 is 21.8 Å². The van der Waals surface area contributed by atoms with E-state index in [1.165, 1.54) is 0 Å². The van der Waals surface area contributed by atoms with E-state index in [0.717, 1.165) is 5.56 Å². The number of aliphatic hydroxyl groups is 1. The largest absolute Gasteiger partial charge is 0.497 e. The number of hydrogen-bond acceptors (Lipinski definition) is 3. The number of amides is 1. The van der Waals surface area contributed by atoms with Gasteiger partial charge in [0.05, 0.1) is 25.3 Å². The molecule has 0 saturated carbocycles. The maximum absolute atomic E-state index is 12.4. The van der Waals surface area contributed by atoms with E-state index in [1.54, 1.807) is 25.3 Å². The summed E-state index contributed by atoms with van der Waals surface area (Å²) in [5.74, 6) is 0.326. The fourth-order valence-electron chi connectivity index (χ4n) is 1.96. The Balaban J connectivity index is 2.20. The molecule has 0 fully saturated rings. The summed E-state index contributed by atoms with van der Waals surface area (Å²) in [6, 6.07) is 14.1. The molecule has 4 nitrogen and oxygen atoms in total. The lowest BCUT2D eigenvalue weighted by molar-refractivity contribution is 0.0915. The molecule has 2 aromatic rings. The Kier molecular flexibility index (Phi) is 5.36. The summed E-state index contributed by atoms with van der Waals surface area (Å²) in [7, 11) is 1.55. The van der Waals surface area contributed by atoms with Crippen molar-refractivity contribution in [3.63, 3.8) is 0 Å². The second-order valence-corrected chi connectivity index (χ2v) is 5.32. The normalized spacial score (nSPS) is 11.8. The molecule has 1 amide bonds. The number of ether oxygens (including phenoxy) is 1. The van der Waals surface area contributed by atoms with E-state index in [0.29, 0.717) is 15.8 Å². The number of carbonyl (C=O) groups excluding carboxylic acids is 1. The van der Waals surface area contributed by atoms with Crippen molar-refractivity contribution in [2.75, 3.05) is 13.7 Å². The third kappa shape index (κ3) is 3.83. The van der Waals surface area contributed by atoms with Crippen LogP contribution in [0.15, 0.2) is 53.0 Å². The molecular formula is C16H16BrNO3. The lowest BCUT2D eigenvalue weighted by atomic mass is 10.1. The second-order valence-electron chi connectivity index (χ2n) is 4.47. The van der Waals surface area contributed by atoms with E-state index in [1.807, 2.05) is 30.3 Å². The summed E-state index contributed by atoms with van der Waals surface area (Å²) >= 11 is 3.35. The van der Waals surface area contributed by atoms with Gasteiger partial charge >= 0.3 is 0 Å². The molecule has 0 spiro atoms. The fraction of sp³-hybridized carbons (Fsp3) is 0.188. The van der Waals surface area contributed by atoms with Gasteiger partial charge in [-0.05, 0) is 39.7 Å². The Labute approximate surface area is 131 Å². The van der Waals surface area contributed by atoms with Crippen molar-refractivity contribution in [1.82, 2.24) is 5.32 Å². The van der Waals surface area contributed by atoms with Gasteiger partial charge in [-0.1, -0.05) is 30.3 Å². The first-order valence-electron chi connectivity index (χ1n) is 6.46. The summed E-state index contributed by atoms with van der Waals surface area (Å²) in [5, 5.41) is 12.3.